The van der Waals surface area contributed by atoms with E-state index in [4.69, 9.17) is 4.74 Å². The van der Waals surface area contributed by atoms with Gasteiger partial charge < -0.3 is 15.4 Å². The van der Waals surface area contributed by atoms with Crippen molar-refractivity contribution in [2.45, 2.75) is 6.92 Å². The number of nitrogens with zero attached hydrogens (tertiary/aromatic N) is 3. The molecule has 9 nitrogen and oxygen atoms in total. The van der Waals surface area contributed by atoms with E-state index >= 15 is 0 Å². The quantitative estimate of drug-likeness (QED) is 0.651. The Kier molecular flexibility index (Phi) is 4.65. The Morgan fingerprint density at radius 3 is 2.56 bits per heavy atom. The van der Waals surface area contributed by atoms with E-state index in [1.165, 1.54) is 6.92 Å². The summed E-state index contributed by atoms with van der Waals surface area (Å²) in [4.78, 5) is 29.3. The molecule has 1 amide bonds. The van der Waals surface area contributed by atoms with Gasteiger partial charge in [-0.1, -0.05) is 6.07 Å². The summed E-state index contributed by atoms with van der Waals surface area (Å²) in [5, 5.41) is 12.7. The number of hydrogen-bond acceptors (Lipinski definition) is 7. The van der Waals surface area contributed by atoms with Gasteiger partial charge >= 0.3 is 0 Å². The zero-order chi connectivity index (χ0) is 17.6. The molecule has 0 unspecified atom stereocenters. The molecule has 0 aliphatic heterocycles. The molecule has 3 rings (SSSR count). The number of carbonyl (C=O) groups excluding carboxylic acids is 1. The lowest BCUT2D eigenvalue weighted by atomic mass is 10.3. The van der Waals surface area contributed by atoms with Crippen molar-refractivity contribution in [1.82, 2.24) is 20.2 Å². The molecule has 0 spiro atoms. The summed E-state index contributed by atoms with van der Waals surface area (Å²) in [5.74, 6) is 0.704. The highest BCUT2D eigenvalue weighted by molar-refractivity contribution is 5.87. The van der Waals surface area contributed by atoms with Crippen LogP contribution in [0, 0.1) is 0 Å². The fraction of sp³-hybridized carbons (Fsp3) is 0.0625. The van der Waals surface area contributed by atoms with E-state index in [0.29, 0.717) is 17.3 Å². The van der Waals surface area contributed by atoms with Gasteiger partial charge in [-0.15, -0.1) is 10.2 Å². The van der Waals surface area contributed by atoms with Crippen LogP contribution in [0.2, 0.25) is 0 Å². The van der Waals surface area contributed by atoms with Crippen molar-refractivity contribution in [3.63, 3.8) is 0 Å². The summed E-state index contributed by atoms with van der Waals surface area (Å²) in [6.07, 6.45) is 1.64. The van der Waals surface area contributed by atoms with E-state index in [-0.39, 0.29) is 11.8 Å². The van der Waals surface area contributed by atoms with E-state index < -0.39 is 11.5 Å². The predicted molar refractivity (Wildman–Crippen MR) is 91.0 cm³/mol. The van der Waals surface area contributed by atoms with Crippen molar-refractivity contribution in [3.8, 4) is 11.6 Å². The Hall–Kier alpha value is -3.75. The molecule has 3 N–H and O–H groups in total. The van der Waals surface area contributed by atoms with Crippen molar-refractivity contribution in [1.29, 1.82) is 0 Å². The maximum absolute atomic E-state index is 11.8. The zero-order valence-electron chi connectivity index (χ0n) is 13.2. The number of hydrogen-bond donors (Lipinski definition) is 3. The van der Waals surface area contributed by atoms with Gasteiger partial charge in [0.2, 0.25) is 23.6 Å². The molecule has 0 aliphatic carbocycles. The Morgan fingerprint density at radius 1 is 1.12 bits per heavy atom. The molecular weight excluding hydrogens is 324 g/mol. The normalized spacial score (nSPS) is 10.1. The van der Waals surface area contributed by atoms with Crippen molar-refractivity contribution in [2.75, 3.05) is 10.6 Å². The summed E-state index contributed by atoms with van der Waals surface area (Å²) in [6.45, 7) is 1.28. The molecule has 1 aromatic carbocycles. The van der Waals surface area contributed by atoms with Gasteiger partial charge in [0.25, 0.3) is 5.56 Å². The van der Waals surface area contributed by atoms with Crippen LogP contribution in [0.5, 0.6) is 11.6 Å². The summed E-state index contributed by atoms with van der Waals surface area (Å²) in [7, 11) is 0. The third-order valence-corrected chi connectivity index (χ3v) is 2.97. The van der Waals surface area contributed by atoms with Crippen LogP contribution in [0.25, 0.3) is 0 Å². The molecule has 25 heavy (non-hydrogen) atoms. The number of anilines is 3. The van der Waals surface area contributed by atoms with Gasteiger partial charge in [-0.2, -0.15) is 0 Å². The number of ether oxygens (including phenoxy) is 1. The van der Waals surface area contributed by atoms with E-state index in [0.717, 1.165) is 0 Å². The average molecular weight is 338 g/mol. The Labute approximate surface area is 142 Å². The fourth-order valence-corrected chi connectivity index (χ4v) is 1.91. The number of aromatic nitrogens is 4. The third kappa shape index (κ3) is 4.38. The lowest BCUT2D eigenvalue weighted by Gasteiger charge is -2.07. The van der Waals surface area contributed by atoms with Crippen molar-refractivity contribution in [2.24, 2.45) is 0 Å². The first-order valence-electron chi connectivity index (χ1n) is 7.31. The number of H-pyrrole nitrogens is 1. The second-order valence-electron chi connectivity index (χ2n) is 4.95. The molecule has 0 atom stereocenters. The zero-order valence-corrected chi connectivity index (χ0v) is 13.2. The summed E-state index contributed by atoms with van der Waals surface area (Å²) in [6, 6.07) is 12.4. The highest BCUT2D eigenvalue weighted by Crippen LogP contribution is 2.22. The van der Waals surface area contributed by atoms with Crippen LogP contribution < -0.4 is 20.9 Å². The standard InChI is InChI=1S/C16H14N6O3/c1-10(23)18-14-15(24)20-16(22-21-14)19-11-5-7-12(8-6-11)25-13-4-2-3-9-17-13/h2-9H,1H3,(H,18,21,23)(H2,19,20,22,24). The Morgan fingerprint density at radius 2 is 1.92 bits per heavy atom. The number of pyridine rings is 1. The number of aromatic amines is 1. The number of benzene rings is 1. The van der Waals surface area contributed by atoms with E-state index in [1.54, 1.807) is 42.6 Å². The van der Waals surface area contributed by atoms with E-state index in [2.05, 4.69) is 30.8 Å². The highest BCUT2D eigenvalue weighted by Gasteiger charge is 2.06. The van der Waals surface area contributed by atoms with Crippen LogP contribution in [-0.4, -0.2) is 26.1 Å². The SMILES string of the molecule is CC(=O)Nc1nnc(Nc2ccc(Oc3ccccn3)cc2)[nH]c1=O. The average Bonchev–Trinajstić information content (AvgIpc) is 2.60. The minimum Gasteiger partial charge on any atom is -0.439 e. The van der Waals surface area contributed by atoms with Gasteiger partial charge in [-0.05, 0) is 30.3 Å². The van der Waals surface area contributed by atoms with Crippen LogP contribution in [-0.2, 0) is 4.79 Å². The topological polar surface area (TPSA) is 122 Å². The number of rotatable bonds is 5. The maximum Gasteiger partial charge on any atom is 0.295 e. The van der Waals surface area contributed by atoms with Crippen molar-refractivity contribution in [3.05, 3.63) is 59.0 Å². The smallest absolute Gasteiger partial charge is 0.295 e. The largest absolute Gasteiger partial charge is 0.439 e. The second-order valence-corrected chi connectivity index (χ2v) is 4.95. The number of amides is 1. The van der Waals surface area contributed by atoms with Crippen molar-refractivity contribution >= 4 is 23.4 Å². The van der Waals surface area contributed by atoms with Crippen LogP contribution in [0.1, 0.15) is 6.92 Å². The first kappa shape index (κ1) is 16.1. The lowest BCUT2D eigenvalue weighted by Crippen LogP contribution is -2.21. The van der Waals surface area contributed by atoms with Gasteiger partial charge in [-0.3, -0.25) is 14.6 Å². The Bertz CT molecular complexity index is 925. The second kappa shape index (κ2) is 7.21. The molecule has 0 saturated carbocycles. The van der Waals surface area contributed by atoms with Gasteiger partial charge in [0.05, 0.1) is 0 Å². The molecule has 0 saturated heterocycles. The molecule has 0 bridgehead atoms. The maximum atomic E-state index is 11.8. The molecule has 126 valence electrons. The van der Waals surface area contributed by atoms with Gasteiger partial charge in [0, 0.05) is 24.9 Å². The molecule has 2 aromatic heterocycles. The lowest BCUT2D eigenvalue weighted by molar-refractivity contribution is -0.114. The van der Waals surface area contributed by atoms with Gasteiger partial charge in [0.1, 0.15) is 5.75 Å². The molecule has 2 heterocycles. The molecule has 0 fully saturated rings. The number of carbonyl (C=O) groups is 1. The minimum absolute atomic E-state index is 0.150. The highest BCUT2D eigenvalue weighted by atomic mass is 16.5. The third-order valence-electron chi connectivity index (χ3n) is 2.97. The summed E-state index contributed by atoms with van der Waals surface area (Å²) >= 11 is 0. The fourth-order valence-electron chi connectivity index (χ4n) is 1.91. The van der Waals surface area contributed by atoms with Crippen LogP contribution in [0.15, 0.2) is 53.5 Å². The van der Waals surface area contributed by atoms with Crippen LogP contribution in [0.4, 0.5) is 17.5 Å². The van der Waals surface area contributed by atoms with Crippen molar-refractivity contribution < 1.29 is 9.53 Å². The molecule has 0 radical (unpaired) electrons. The predicted octanol–water partition coefficient (Wildman–Crippen LogP) is 2.05. The monoisotopic (exact) mass is 338 g/mol. The molecule has 9 heteroatoms. The minimum atomic E-state index is -0.553. The van der Waals surface area contributed by atoms with Gasteiger partial charge in [-0.25, -0.2) is 4.98 Å². The van der Waals surface area contributed by atoms with Gasteiger partial charge in [0.15, 0.2) is 0 Å². The van der Waals surface area contributed by atoms with E-state index in [1.807, 2.05) is 6.07 Å². The molecular formula is C16H14N6O3. The van der Waals surface area contributed by atoms with Crippen LogP contribution in [0.3, 0.4) is 0 Å². The molecule has 3 aromatic rings. The first-order chi connectivity index (χ1) is 12.1. The summed E-state index contributed by atoms with van der Waals surface area (Å²) < 4.78 is 5.59. The first-order valence-corrected chi connectivity index (χ1v) is 7.31. The number of nitrogens with one attached hydrogen (secondary N) is 3. The molecule has 0 aliphatic rings. The Balaban J connectivity index is 1.68. The van der Waals surface area contributed by atoms with Crippen LogP contribution >= 0.6 is 0 Å². The summed E-state index contributed by atoms with van der Waals surface area (Å²) in [5.41, 5.74) is 0.119. The van der Waals surface area contributed by atoms with E-state index in [9.17, 15) is 9.59 Å².